The molecule has 0 aliphatic heterocycles. The third-order valence-electron chi connectivity index (χ3n) is 3.98. The van der Waals surface area contributed by atoms with Gasteiger partial charge in [0.05, 0.1) is 16.3 Å². The maximum atomic E-state index is 12.4. The second-order valence-electron chi connectivity index (χ2n) is 5.94. The molecule has 0 saturated heterocycles. The molecule has 0 fully saturated rings. The standard InChI is InChI=1S/C21H14Cl2N2O3/c22-13-9-10-18(15(23)11-13)27-12-20(26)24-16-6-2-1-5-14(16)21-25-17-7-3-4-8-19(17)28-21/h1-11H,12H2,(H,24,26). The number of carbonyl (C=O) groups is 1. The lowest BCUT2D eigenvalue weighted by atomic mass is 10.1. The van der Waals surface area contributed by atoms with Gasteiger partial charge >= 0.3 is 0 Å². The predicted molar refractivity (Wildman–Crippen MR) is 110 cm³/mol. The maximum absolute atomic E-state index is 12.4. The van der Waals surface area contributed by atoms with Gasteiger partial charge in [0.25, 0.3) is 5.91 Å². The van der Waals surface area contributed by atoms with E-state index in [9.17, 15) is 4.79 Å². The fraction of sp³-hybridized carbons (Fsp3) is 0.0476. The fourth-order valence-electron chi connectivity index (χ4n) is 2.69. The van der Waals surface area contributed by atoms with Crippen LogP contribution in [0.2, 0.25) is 10.0 Å². The molecule has 3 aromatic carbocycles. The van der Waals surface area contributed by atoms with E-state index in [0.29, 0.717) is 38.5 Å². The highest BCUT2D eigenvalue weighted by Gasteiger charge is 2.14. The number of halogens is 2. The molecule has 1 aromatic heterocycles. The summed E-state index contributed by atoms with van der Waals surface area (Å²) in [5.41, 5.74) is 2.68. The molecule has 5 nitrogen and oxygen atoms in total. The van der Waals surface area contributed by atoms with Crippen LogP contribution in [0.5, 0.6) is 5.75 Å². The first-order chi connectivity index (χ1) is 13.6. The Morgan fingerprint density at radius 2 is 1.82 bits per heavy atom. The Balaban J connectivity index is 1.51. The predicted octanol–water partition coefficient (Wildman–Crippen LogP) is 5.82. The molecule has 7 heteroatoms. The van der Waals surface area contributed by atoms with Crippen LogP contribution in [0.4, 0.5) is 5.69 Å². The van der Waals surface area contributed by atoms with Crippen molar-refractivity contribution < 1.29 is 13.9 Å². The number of carbonyl (C=O) groups excluding carboxylic acids is 1. The van der Waals surface area contributed by atoms with Crippen LogP contribution < -0.4 is 10.1 Å². The number of benzene rings is 3. The number of anilines is 1. The molecular weight excluding hydrogens is 399 g/mol. The molecule has 1 heterocycles. The number of nitrogens with one attached hydrogen (secondary N) is 1. The van der Waals surface area contributed by atoms with Crippen LogP contribution in [-0.2, 0) is 4.79 Å². The molecule has 0 atom stereocenters. The fourth-order valence-corrected chi connectivity index (χ4v) is 3.15. The third kappa shape index (κ3) is 3.96. The zero-order valence-corrected chi connectivity index (χ0v) is 16.0. The van der Waals surface area contributed by atoms with Crippen molar-refractivity contribution in [3.63, 3.8) is 0 Å². The van der Waals surface area contributed by atoms with E-state index in [1.165, 1.54) is 0 Å². The number of hydrogen-bond acceptors (Lipinski definition) is 4. The number of fused-ring (bicyclic) bond motifs is 1. The van der Waals surface area contributed by atoms with Gasteiger partial charge in [-0.3, -0.25) is 4.79 Å². The first kappa shape index (κ1) is 18.3. The highest BCUT2D eigenvalue weighted by Crippen LogP contribution is 2.30. The minimum Gasteiger partial charge on any atom is -0.482 e. The van der Waals surface area contributed by atoms with E-state index in [4.69, 9.17) is 32.4 Å². The van der Waals surface area contributed by atoms with Crippen LogP contribution in [0.3, 0.4) is 0 Å². The molecular formula is C21H14Cl2N2O3. The summed E-state index contributed by atoms with van der Waals surface area (Å²) < 4.78 is 11.3. The van der Waals surface area contributed by atoms with E-state index in [0.717, 1.165) is 5.52 Å². The van der Waals surface area contributed by atoms with Crippen LogP contribution in [-0.4, -0.2) is 17.5 Å². The van der Waals surface area contributed by atoms with Gasteiger partial charge in [-0.1, -0.05) is 47.5 Å². The Hall–Kier alpha value is -3.02. The first-order valence-corrected chi connectivity index (χ1v) is 9.18. The van der Waals surface area contributed by atoms with Crippen LogP contribution >= 0.6 is 23.2 Å². The topological polar surface area (TPSA) is 64.4 Å². The Kier molecular flexibility index (Phi) is 5.19. The molecule has 0 bridgehead atoms. The molecule has 0 spiro atoms. The van der Waals surface area contributed by atoms with Crippen molar-refractivity contribution in [2.45, 2.75) is 0 Å². The molecule has 1 amide bonds. The molecule has 140 valence electrons. The lowest BCUT2D eigenvalue weighted by molar-refractivity contribution is -0.118. The summed E-state index contributed by atoms with van der Waals surface area (Å²) in [5.74, 6) is 0.474. The molecule has 0 unspecified atom stereocenters. The van der Waals surface area contributed by atoms with Crippen molar-refractivity contribution in [3.05, 3.63) is 76.8 Å². The van der Waals surface area contributed by atoms with E-state index >= 15 is 0 Å². The number of para-hydroxylation sites is 3. The highest BCUT2D eigenvalue weighted by molar-refractivity contribution is 6.35. The number of nitrogens with zero attached hydrogens (tertiary/aromatic N) is 1. The van der Waals surface area contributed by atoms with Crippen molar-refractivity contribution in [3.8, 4) is 17.2 Å². The molecule has 0 aliphatic rings. The van der Waals surface area contributed by atoms with Gasteiger partial charge in [0.2, 0.25) is 5.89 Å². The van der Waals surface area contributed by atoms with Crippen molar-refractivity contribution in [2.24, 2.45) is 0 Å². The summed E-state index contributed by atoms with van der Waals surface area (Å²) in [6, 6.07) is 19.6. The Morgan fingerprint density at radius 3 is 2.64 bits per heavy atom. The monoisotopic (exact) mass is 412 g/mol. The molecule has 0 saturated carbocycles. The van der Waals surface area contributed by atoms with E-state index in [-0.39, 0.29) is 12.5 Å². The van der Waals surface area contributed by atoms with Crippen LogP contribution in [0.1, 0.15) is 0 Å². The van der Waals surface area contributed by atoms with E-state index in [1.54, 1.807) is 24.3 Å². The third-order valence-corrected chi connectivity index (χ3v) is 4.51. The van der Waals surface area contributed by atoms with E-state index in [2.05, 4.69) is 10.3 Å². The molecule has 28 heavy (non-hydrogen) atoms. The van der Waals surface area contributed by atoms with Gasteiger partial charge in [-0.05, 0) is 42.5 Å². The van der Waals surface area contributed by atoms with Gasteiger partial charge < -0.3 is 14.5 Å². The van der Waals surface area contributed by atoms with Crippen molar-refractivity contribution >= 4 is 45.9 Å². The number of rotatable bonds is 5. The van der Waals surface area contributed by atoms with Gasteiger partial charge in [0, 0.05) is 5.02 Å². The van der Waals surface area contributed by atoms with Gasteiger partial charge in [-0.2, -0.15) is 0 Å². The lowest BCUT2D eigenvalue weighted by Crippen LogP contribution is -2.20. The largest absolute Gasteiger partial charge is 0.482 e. The molecule has 4 rings (SSSR count). The minimum atomic E-state index is -0.338. The number of hydrogen-bond donors (Lipinski definition) is 1. The van der Waals surface area contributed by atoms with E-state index < -0.39 is 0 Å². The summed E-state index contributed by atoms with van der Waals surface area (Å²) in [4.78, 5) is 16.8. The number of ether oxygens (including phenoxy) is 1. The summed E-state index contributed by atoms with van der Waals surface area (Å²) in [6.45, 7) is -0.205. The first-order valence-electron chi connectivity index (χ1n) is 8.43. The summed E-state index contributed by atoms with van der Waals surface area (Å²) in [7, 11) is 0. The van der Waals surface area contributed by atoms with Gasteiger partial charge in [-0.15, -0.1) is 0 Å². The quantitative estimate of drug-likeness (QED) is 0.448. The van der Waals surface area contributed by atoms with Gasteiger partial charge in [0.1, 0.15) is 11.3 Å². The van der Waals surface area contributed by atoms with E-state index in [1.807, 2.05) is 42.5 Å². The zero-order valence-electron chi connectivity index (χ0n) is 14.5. The number of amides is 1. The highest BCUT2D eigenvalue weighted by atomic mass is 35.5. The summed E-state index contributed by atoms with van der Waals surface area (Å²) in [6.07, 6.45) is 0. The van der Waals surface area contributed by atoms with Crippen LogP contribution in [0.15, 0.2) is 71.1 Å². The van der Waals surface area contributed by atoms with Crippen LogP contribution in [0, 0.1) is 0 Å². The molecule has 0 radical (unpaired) electrons. The molecule has 4 aromatic rings. The molecule has 0 aliphatic carbocycles. The number of oxazole rings is 1. The summed E-state index contributed by atoms with van der Waals surface area (Å²) >= 11 is 11.9. The summed E-state index contributed by atoms with van der Waals surface area (Å²) in [5, 5.41) is 3.66. The lowest BCUT2D eigenvalue weighted by Gasteiger charge is -2.11. The second kappa shape index (κ2) is 7.92. The van der Waals surface area contributed by atoms with Crippen molar-refractivity contribution in [1.29, 1.82) is 0 Å². The van der Waals surface area contributed by atoms with Crippen LogP contribution in [0.25, 0.3) is 22.6 Å². The normalized spacial score (nSPS) is 10.8. The Morgan fingerprint density at radius 1 is 1.04 bits per heavy atom. The maximum Gasteiger partial charge on any atom is 0.262 e. The second-order valence-corrected chi connectivity index (χ2v) is 6.79. The SMILES string of the molecule is O=C(COc1ccc(Cl)cc1Cl)Nc1ccccc1-c1nc2ccccc2o1. The average molecular weight is 413 g/mol. The zero-order chi connectivity index (χ0) is 19.5. The van der Waals surface area contributed by atoms with Crippen molar-refractivity contribution in [2.75, 3.05) is 11.9 Å². The van der Waals surface area contributed by atoms with Gasteiger partial charge in [-0.25, -0.2) is 4.98 Å². The average Bonchev–Trinajstić information content (AvgIpc) is 3.12. The Bertz CT molecular complexity index is 1120. The number of aromatic nitrogens is 1. The molecule has 1 N–H and O–H groups in total. The smallest absolute Gasteiger partial charge is 0.262 e. The van der Waals surface area contributed by atoms with Gasteiger partial charge in [0.15, 0.2) is 12.2 Å². The minimum absolute atomic E-state index is 0.205. The van der Waals surface area contributed by atoms with Crippen molar-refractivity contribution in [1.82, 2.24) is 4.98 Å². The Labute approximate surface area is 170 Å².